The summed E-state index contributed by atoms with van der Waals surface area (Å²) in [7, 11) is 0. The van der Waals surface area contributed by atoms with Crippen molar-refractivity contribution in [2.75, 3.05) is 0 Å². The Morgan fingerprint density at radius 2 is 1.48 bits per heavy atom. The van der Waals surface area contributed by atoms with Crippen LogP contribution in [0.2, 0.25) is 0 Å². The molecular weight excluding hydrogens is 348 g/mol. The molecule has 2 aliphatic heterocycles. The van der Waals surface area contributed by atoms with Crippen LogP contribution in [0.4, 0.5) is 0 Å². The van der Waals surface area contributed by atoms with E-state index in [2.05, 4.69) is 6.58 Å². The normalized spacial score (nSPS) is 36.8. The molecule has 4 fully saturated rings. The quantitative estimate of drug-likeness (QED) is 0.560. The molecule has 2 saturated carbocycles. The molecule has 0 aromatic carbocycles. The van der Waals surface area contributed by atoms with Gasteiger partial charge in [0.1, 0.15) is 0 Å². The van der Waals surface area contributed by atoms with Crippen LogP contribution in [-0.4, -0.2) is 46.6 Å². The molecule has 6 atom stereocenters. The van der Waals surface area contributed by atoms with Crippen LogP contribution in [-0.2, 0) is 19.1 Å². The second-order valence-electron chi connectivity index (χ2n) is 8.34. The average molecular weight is 378 g/mol. The zero-order valence-corrected chi connectivity index (χ0v) is 16.1. The molecule has 0 aromatic rings. The highest BCUT2D eigenvalue weighted by molar-refractivity contribution is 5.86. The Labute approximate surface area is 160 Å². The van der Waals surface area contributed by atoms with Crippen molar-refractivity contribution in [2.24, 2.45) is 11.8 Å². The van der Waals surface area contributed by atoms with E-state index in [0.29, 0.717) is 53.8 Å². The molecule has 2 aliphatic carbocycles. The third-order valence-electron chi connectivity index (χ3n) is 6.48. The van der Waals surface area contributed by atoms with Gasteiger partial charge < -0.3 is 19.7 Å². The lowest BCUT2D eigenvalue weighted by atomic mass is 9.83. The van der Waals surface area contributed by atoms with Gasteiger partial charge in [-0.15, -0.1) is 0 Å². The molecule has 2 saturated heterocycles. The summed E-state index contributed by atoms with van der Waals surface area (Å²) in [5.41, 5.74) is 1.88. The summed E-state index contributed by atoms with van der Waals surface area (Å²) >= 11 is 0. The largest absolute Gasteiger partial charge is 0.478 e. The van der Waals surface area contributed by atoms with Gasteiger partial charge in [0, 0.05) is 11.1 Å². The number of allylic oxidation sites excluding steroid dienone is 1. The van der Waals surface area contributed by atoms with Crippen LogP contribution >= 0.6 is 0 Å². The Morgan fingerprint density at radius 1 is 0.889 bits per heavy atom. The van der Waals surface area contributed by atoms with Crippen LogP contribution < -0.4 is 0 Å². The molecule has 2 N–H and O–H groups in total. The predicted molar refractivity (Wildman–Crippen MR) is 99.4 cm³/mol. The number of rotatable bonds is 5. The highest BCUT2D eigenvalue weighted by atomic mass is 16.6. The topological polar surface area (TPSA) is 99.7 Å². The Balaban J connectivity index is 0.000000156. The van der Waals surface area contributed by atoms with Gasteiger partial charge in [-0.25, -0.2) is 9.59 Å². The fourth-order valence-electron chi connectivity index (χ4n) is 4.38. The molecule has 0 radical (unpaired) electrons. The van der Waals surface area contributed by atoms with Gasteiger partial charge >= 0.3 is 11.9 Å². The molecule has 4 aliphatic rings. The Hall–Kier alpha value is -1.66. The number of fused-ring (bicyclic) bond motifs is 2. The standard InChI is InChI=1S/C11H16O3.C10H14O3/c1-6(7(2)11(12)13)8-3-4-9-10(5-8)14-9;1-6(10(11)12)4-7-2-3-8-9(5-7)13-8/h8-10H,3-5H2,1-2H3,(H,12,13);7-9H,1-5H2,(H,11,12)/b7-6+;. The lowest BCUT2D eigenvalue weighted by Crippen LogP contribution is -2.16. The number of carboxylic acid groups (broad SMARTS) is 2. The Kier molecular flexibility index (Phi) is 6.06. The van der Waals surface area contributed by atoms with Gasteiger partial charge in [-0.3, -0.25) is 0 Å². The molecule has 0 bridgehead atoms. The molecule has 27 heavy (non-hydrogen) atoms. The number of hydrogen-bond donors (Lipinski definition) is 2. The first kappa shape index (κ1) is 20.1. The molecule has 0 aromatic heterocycles. The molecule has 6 heteroatoms. The van der Waals surface area contributed by atoms with Gasteiger partial charge in [0.2, 0.25) is 0 Å². The van der Waals surface area contributed by atoms with Crippen molar-refractivity contribution in [3.05, 3.63) is 23.3 Å². The number of carboxylic acids is 2. The van der Waals surface area contributed by atoms with Crippen LogP contribution in [0.5, 0.6) is 0 Å². The van der Waals surface area contributed by atoms with Crippen molar-refractivity contribution in [2.45, 2.75) is 83.2 Å². The fraction of sp³-hybridized carbons (Fsp3) is 0.714. The summed E-state index contributed by atoms with van der Waals surface area (Å²) in [6.07, 6.45) is 8.87. The van der Waals surface area contributed by atoms with Crippen molar-refractivity contribution < 1.29 is 29.3 Å². The molecular formula is C21H30O6. The van der Waals surface area contributed by atoms with E-state index in [1.165, 1.54) is 0 Å². The van der Waals surface area contributed by atoms with E-state index < -0.39 is 11.9 Å². The van der Waals surface area contributed by atoms with E-state index >= 15 is 0 Å². The first-order valence-corrected chi connectivity index (χ1v) is 9.88. The van der Waals surface area contributed by atoms with Crippen LogP contribution in [0.3, 0.4) is 0 Å². The third-order valence-corrected chi connectivity index (χ3v) is 6.48. The maximum absolute atomic E-state index is 10.8. The van der Waals surface area contributed by atoms with E-state index in [1.807, 2.05) is 6.92 Å². The van der Waals surface area contributed by atoms with Crippen LogP contribution in [0, 0.1) is 11.8 Å². The zero-order chi connectivity index (χ0) is 19.7. The third kappa shape index (κ3) is 5.20. The van der Waals surface area contributed by atoms with Crippen LogP contribution in [0.15, 0.2) is 23.3 Å². The highest BCUT2D eigenvalue weighted by Gasteiger charge is 2.45. The lowest BCUT2D eigenvalue weighted by Gasteiger charge is -2.20. The molecule has 2 heterocycles. The lowest BCUT2D eigenvalue weighted by molar-refractivity contribution is -0.133. The number of aliphatic carboxylic acids is 2. The molecule has 0 amide bonds. The first-order chi connectivity index (χ1) is 12.8. The van der Waals surface area contributed by atoms with Gasteiger partial charge in [-0.05, 0) is 70.6 Å². The monoisotopic (exact) mass is 378 g/mol. The maximum atomic E-state index is 10.8. The fourth-order valence-corrected chi connectivity index (χ4v) is 4.38. The van der Waals surface area contributed by atoms with Crippen molar-refractivity contribution in [3.63, 3.8) is 0 Å². The van der Waals surface area contributed by atoms with Crippen LogP contribution in [0.25, 0.3) is 0 Å². The summed E-state index contributed by atoms with van der Waals surface area (Å²) in [5.74, 6) is -0.748. The number of ether oxygens (including phenoxy) is 2. The SMILES string of the molecule is C/C(C(=O)O)=C(/C)C1CCC2OC2C1.C=C(CC1CCC2OC2C1)C(=O)O. The summed E-state index contributed by atoms with van der Waals surface area (Å²) < 4.78 is 10.8. The van der Waals surface area contributed by atoms with E-state index in [0.717, 1.165) is 44.1 Å². The zero-order valence-electron chi connectivity index (χ0n) is 16.1. The van der Waals surface area contributed by atoms with E-state index in [1.54, 1.807) is 6.92 Å². The van der Waals surface area contributed by atoms with Crippen molar-refractivity contribution >= 4 is 11.9 Å². The number of epoxide rings is 2. The summed E-state index contributed by atoms with van der Waals surface area (Å²) in [5, 5.41) is 17.5. The Morgan fingerprint density at radius 3 is 2.00 bits per heavy atom. The van der Waals surface area contributed by atoms with Gasteiger partial charge in [0.15, 0.2) is 0 Å². The second kappa shape index (κ2) is 8.15. The number of carbonyl (C=O) groups is 2. The first-order valence-electron chi connectivity index (χ1n) is 9.88. The predicted octanol–water partition coefficient (Wildman–Crippen LogP) is 3.56. The average Bonchev–Trinajstić information content (AvgIpc) is 3.53. The van der Waals surface area contributed by atoms with E-state index in [4.69, 9.17) is 19.7 Å². The van der Waals surface area contributed by atoms with E-state index in [9.17, 15) is 9.59 Å². The van der Waals surface area contributed by atoms with Gasteiger partial charge in [0.05, 0.1) is 24.4 Å². The van der Waals surface area contributed by atoms with Crippen molar-refractivity contribution in [1.82, 2.24) is 0 Å². The minimum Gasteiger partial charge on any atom is -0.478 e. The second-order valence-corrected chi connectivity index (χ2v) is 8.34. The smallest absolute Gasteiger partial charge is 0.331 e. The summed E-state index contributed by atoms with van der Waals surface area (Å²) in [6.45, 7) is 7.18. The molecule has 4 rings (SSSR count). The van der Waals surface area contributed by atoms with Gasteiger partial charge in [-0.2, -0.15) is 0 Å². The van der Waals surface area contributed by atoms with Crippen molar-refractivity contribution in [1.29, 1.82) is 0 Å². The molecule has 6 nitrogen and oxygen atoms in total. The van der Waals surface area contributed by atoms with E-state index in [-0.39, 0.29) is 0 Å². The van der Waals surface area contributed by atoms with Gasteiger partial charge in [-0.1, -0.05) is 12.2 Å². The van der Waals surface area contributed by atoms with Crippen molar-refractivity contribution in [3.8, 4) is 0 Å². The highest BCUT2D eigenvalue weighted by Crippen LogP contribution is 2.42. The molecule has 6 unspecified atom stereocenters. The summed E-state index contributed by atoms with van der Waals surface area (Å²) in [6, 6.07) is 0. The van der Waals surface area contributed by atoms with Crippen LogP contribution in [0.1, 0.15) is 58.8 Å². The molecule has 0 spiro atoms. The Bertz CT molecular complexity index is 651. The molecule has 150 valence electrons. The minimum atomic E-state index is -0.862. The number of hydrogen-bond acceptors (Lipinski definition) is 4. The minimum absolute atomic E-state index is 0.337. The summed E-state index contributed by atoms with van der Waals surface area (Å²) in [4.78, 5) is 21.3. The van der Waals surface area contributed by atoms with Gasteiger partial charge in [0.25, 0.3) is 0 Å². The maximum Gasteiger partial charge on any atom is 0.331 e.